The van der Waals surface area contributed by atoms with Crippen LogP contribution in [0.15, 0.2) is 23.4 Å². The van der Waals surface area contributed by atoms with Crippen LogP contribution in [-0.4, -0.2) is 49.9 Å². The summed E-state index contributed by atoms with van der Waals surface area (Å²) in [5, 5.41) is 3.11. The summed E-state index contributed by atoms with van der Waals surface area (Å²) in [4.78, 5) is 4.00. The lowest BCUT2D eigenvalue weighted by atomic mass is 10.4. The molecule has 0 bridgehead atoms. The SMILES string of the molecule is CCNc1cccnc1S(=O)(=O)N(C)CCSC. The van der Waals surface area contributed by atoms with Gasteiger partial charge in [0, 0.05) is 32.1 Å². The first kappa shape index (κ1) is 15.3. The third kappa shape index (κ3) is 3.60. The lowest BCUT2D eigenvalue weighted by Gasteiger charge is -2.18. The largest absolute Gasteiger partial charge is 0.383 e. The molecule has 7 heteroatoms. The predicted molar refractivity (Wildman–Crippen MR) is 76.6 cm³/mol. The fraction of sp³-hybridized carbons (Fsp3) is 0.545. The monoisotopic (exact) mass is 289 g/mol. The first-order chi connectivity index (χ1) is 8.54. The normalized spacial score (nSPS) is 11.8. The van der Waals surface area contributed by atoms with Gasteiger partial charge in [-0.25, -0.2) is 13.4 Å². The molecule has 0 saturated heterocycles. The average Bonchev–Trinajstić information content (AvgIpc) is 2.36. The smallest absolute Gasteiger partial charge is 0.262 e. The van der Waals surface area contributed by atoms with E-state index in [2.05, 4.69) is 10.3 Å². The molecule has 1 N–H and O–H groups in total. The van der Waals surface area contributed by atoms with Gasteiger partial charge in [-0.15, -0.1) is 0 Å². The van der Waals surface area contributed by atoms with Crippen molar-refractivity contribution < 1.29 is 8.42 Å². The molecule has 5 nitrogen and oxygen atoms in total. The summed E-state index contributed by atoms with van der Waals surface area (Å²) in [6, 6.07) is 3.45. The number of hydrogen-bond acceptors (Lipinski definition) is 5. The van der Waals surface area contributed by atoms with E-state index < -0.39 is 10.0 Å². The number of pyridine rings is 1. The lowest BCUT2D eigenvalue weighted by molar-refractivity contribution is 0.486. The molecule has 0 spiro atoms. The van der Waals surface area contributed by atoms with Crippen LogP contribution in [0.25, 0.3) is 0 Å². The standard InChI is InChI=1S/C11H19N3O2S2/c1-4-12-10-6-5-7-13-11(10)18(15,16)14(2)8-9-17-3/h5-7,12H,4,8-9H2,1-3H3. The van der Waals surface area contributed by atoms with Crippen LogP contribution in [0.5, 0.6) is 0 Å². The van der Waals surface area contributed by atoms with Crippen molar-refractivity contribution in [2.75, 3.05) is 37.5 Å². The highest BCUT2D eigenvalue weighted by atomic mass is 32.2. The minimum atomic E-state index is -3.52. The molecular weight excluding hydrogens is 270 g/mol. The second-order valence-corrected chi connectivity index (χ2v) is 6.65. The maximum absolute atomic E-state index is 12.3. The van der Waals surface area contributed by atoms with Gasteiger partial charge in [0.2, 0.25) is 0 Å². The van der Waals surface area contributed by atoms with Crippen LogP contribution in [-0.2, 0) is 10.0 Å². The Balaban J connectivity index is 3.04. The number of nitrogens with one attached hydrogen (secondary N) is 1. The molecule has 0 aliphatic carbocycles. The number of hydrogen-bond donors (Lipinski definition) is 1. The van der Waals surface area contributed by atoms with Gasteiger partial charge in [-0.2, -0.15) is 16.1 Å². The van der Waals surface area contributed by atoms with Crippen LogP contribution in [0, 0.1) is 0 Å². The van der Waals surface area contributed by atoms with E-state index in [-0.39, 0.29) is 5.03 Å². The number of anilines is 1. The Morgan fingerprint density at radius 2 is 2.22 bits per heavy atom. The minimum absolute atomic E-state index is 0.0930. The molecule has 102 valence electrons. The van der Waals surface area contributed by atoms with Gasteiger partial charge in [0.05, 0.1) is 5.69 Å². The Hall–Kier alpha value is -0.790. The molecule has 0 aliphatic rings. The van der Waals surface area contributed by atoms with Crippen LogP contribution in [0.3, 0.4) is 0 Å². The van der Waals surface area contributed by atoms with Crippen molar-refractivity contribution in [2.45, 2.75) is 11.9 Å². The van der Waals surface area contributed by atoms with Gasteiger partial charge in [0.25, 0.3) is 10.0 Å². The molecule has 0 saturated carbocycles. The third-order valence-corrected chi connectivity index (χ3v) is 4.81. The van der Waals surface area contributed by atoms with E-state index >= 15 is 0 Å². The summed E-state index contributed by atoms with van der Waals surface area (Å²) < 4.78 is 26.0. The maximum atomic E-state index is 12.3. The highest BCUT2D eigenvalue weighted by Crippen LogP contribution is 2.21. The van der Waals surface area contributed by atoms with Crippen molar-refractivity contribution in [3.8, 4) is 0 Å². The van der Waals surface area contributed by atoms with Crippen molar-refractivity contribution in [3.63, 3.8) is 0 Å². The molecule has 0 aromatic carbocycles. The molecule has 1 aromatic heterocycles. The van der Waals surface area contributed by atoms with Crippen molar-refractivity contribution in [2.24, 2.45) is 0 Å². The molecular formula is C11H19N3O2S2. The quantitative estimate of drug-likeness (QED) is 0.824. The predicted octanol–water partition coefficient (Wildman–Crippen LogP) is 1.50. The zero-order chi connectivity index (χ0) is 13.6. The first-order valence-electron chi connectivity index (χ1n) is 5.68. The molecule has 1 heterocycles. The fourth-order valence-electron chi connectivity index (χ4n) is 1.41. The van der Waals surface area contributed by atoms with E-state index in [0.717, 1.165) is 5.75 Å². The van der Waals surface area contributed by atoms with Crippen molar-refractivity contribution in [1.82, 2.24) is 9.29 Å². The number of aromatic nitrogens is 1. The van der Waals surface area contributed by atoms with Crippen LogP contribution >= 0.6 is 11.8 Å². The zero-order valence-electron chi connectivity index (χ0n) is 10.9. The summed E-state index contributed by atoms with van der Waals surface area (Å²) in [6.07, 6.45) is 3.45. The van der Waals surface area contributed by atoms with Crippen molar-refractivity contribution >= 4 is 27.5 Å². The van der Waals surface area contributed by atoms with Crippen molar-refractivity contribution in [1.29, 1.82) is 0 Å². The van der Waals surface area contributed by atoms with Gasteiger partial charge in [-0.05, 0) is 25.3 Å². The van der Waals surface area contributed by atoms with Crippen molar-refractivity contribution in [3.05, 3.63) is 18.3 Å². The first-order valence-corrected chi connectivity index (χ1v) is 8.51. The molecule has 1 rings (SSSR count). The van der Waals surface area contributed by atoms with Crippen LogP contribution in [0.1, 0.15) is 6.92 Å². The lowest BCUT2D eigenvalue weighted by Crippen LogP contribution is -2.30. The van der Waals surface area contributed by atoms with Gasteiger partial charge in [-0.1, -0.05) is 0 Å². The highest BCUT2D eigenvalue weighted by Gasteiger charge is 2.24. The number of nitrogens with zero attached hydrogens (tertiary/aromatic N) is 2. The van der Waals surface area contributed by atoms with E-state index in [1.165, 1.54) is 10.5 Å². The Kier molecular flexibility index (Phi) is 5.90. The van der Waals surface area contributed by atoms with Crippen LogP contribution in [0.4, 0.5) is 5.69 Å². The second-order valence-electron chi connectivity index (χ2n) is 3.71. The molecule has 0 fully saturated rings. The highest BCUT2D eigenvalue weighted by molar-refractivity contribution is 7.98. The van der Waals surface area contributed by atoms with E-state index in [0.29, 0.717) is 18.8 Å². The molecule has 0 atom stereocenters. The molecule has 18 heavy (non-hydrogen) atoms. The van der Waals surface area contributed by atoms with E-state index in [4.69, 9.17) is 0 Å². The minimum Gasteiger partial charge on any atom is -0.383 e. The van der Waals surface area contributed by atoms with Gasteiger partial charge in [0.15, 0.2) is 5.03 Å². The zero-order valence-corrected chi connectivity index (χ0v) is 12.5. The topological polar surface area (TPSA) is 62.3 Å². The van der Waals surface area contributed by atoms with Gasteiger partial charge in [-0.3, -0.25) is 0 Å². The molecule has 0 unspecified atom stereocenters. The fourth-order valence-corrected chi connectivity index (χ4v) is 3.22. The number of sulfonamides is 1. The third-order valence-electron chi connectivity index (χ3n) is 2.40. The second kappa shape index (κ2) is 6.96. The Bertz CT molecular complexity index is 477. The summed E-state index contributed by atoms with van der Waals surface area (Å²) >= 11 is 1.61. The molecule has 0 radical (unpaired) electrons. The van der Waals surface area contributed by atoms with Crippen LogP contribution < -0.4 is 5.32 Å². The summed E-state index contributed by atoms with van der Waals surface area (Å²) in [6.45, 7) is 3.05. The Labute approximate surface area is 113 Å². The van der Waals surface area contributed by atoms with E-state index in [1.807, 2.05) is 13.2 Å². The summed E-state index contributed by atoms with van der Waals surface area (Å²) in [5.41, 5.74) is 0.552. The van der Waals surface area contributed by atoms with E-state index in [9.17, 15) is 8.42 Å². The van der Waals surface area contributed by atoms with Crippen LogP contribution in [0.2, 0.25) is 0 Å². The van der Waals surface area contributed by atoms with Gasteiger partial charge >= 0.3 is 0 Å². The molecule has 0 amide bonds. The summed E-state index contributed by atoms with van der Waals surface area (Å²) in [5.74, 6) is 0.763. The summed E-state index contributed by atoms with van der Waals surface area (Å²) in [7, 11) is -1.94. The van der Waals surface area contributed by atoms with E-state index in [1.54, 1.807) is 30.9 Å². The Morgan fingerprint density at radius 3 is 2.83 bits per heavy atom. The number of rotatable bonds is 7. The van der Waals surface area contributed by atoms with Gasteiger partial charge < -0.3 is 5.32 Å². The number of thioether (sulfide) groups is 1. The van der Waals surface area contributed by atoms with Gasteiger partial charge in [0.1, 0.15) is 0 Å². The molecule has 0 aliphatic heterocycles. The average molecular weight is 289 g/mol. The maximum Gasteiger partial charge on any atom is 0.262 e. The Morgan fingerprint density at radius 1 is 1.50 bits per heavy atom. The molecule has 1 aromatic rings.